The van der Waals surface area contributed by atoms with Gasteiger partial charge in [-0.3, -0.25) is 0 Å². The van der Waals surface area contributed by atoms with E-state index in [2.05, 4.69) is 35.6 Å². The van der Waals surface area contributed by atoms with Crippen molar-refractivity contribution in [2.24, 2.45) is 5.84 Å². The molecule has 0 bridgehead atoms. The summed E-state index contributed by atoms with van der Waals surface area (Å²) in [5.74, 6) is 6.86. The second-order valence-electron chi connectivity index (χ2n) is 6.82. The Labute approximate surface area is 165 Å². The average Bonchev–Trinajstić information content (AvgIpc) is 3.19. The number of aromatic nitrogens is 6. The molecule has 0 spiro atoms. The first-order chi connectivity index (χ1) is 14.2. The Morgan fingerprint density at radius 3 is 2.79 bits per heavy atom. The molecule has 0 unspecified atom stereocenters. The van der Waals surface area contributed by atoms with Crippen LogP contribution in [0.15, 0.2) is 24.5 Å². The second-order valence-corrected chi connectivity index (χ2v) is 6.82. The van der Waals surface area contributed by atoms with Crippen molar-refractivity contribution >= 4 is 33.9 Å². The molecule has 0 amide bonds. The predicted octanol–water partition coefficient (Wildman–Crippen LogP) is 0.747. The molecule has 1 aliphatic heterocycles. The van der Waals surface area contributed by atoms with E-state index in [1.807, 2.05) is 25.3 Å². The molecule has 1 saturated heterocycles. The van der Waals surface area contributed by atoms with Gasteiger partial charge < -0.3 is 20.8 Å². The number of nitrogens with two attached hydrogens (primary N) is 2. The minimum atomic E-state index is 0.339. The number of hydrazine groups is 1. The summed E-state index contributed by atoms with van der Waals surface area (Å²) in [5.41, 5.74) is 12.4. The van der Waals surface area contributed by atoms with Crippen molar-refractivity contribution in [3.63, 3.8) is 0 Å². The van der Waals surface area contributed by atoms with Crippen LogP contribution >= 0.6 is 0 Å². The third-order valence-corrected chi connectivity index (χ3v) is 5.14. The van der Waals surface area contributed by atoms with Gasteiger partial charge in [0, 0.05) is 35.8 Å². The number of aryl methyl sites for hydroxylation is 1. The zero-order valence-corrected chi connectivity index (χ0v) is 15.8. The molecule has 148 valence electrons. The second kappa shape index (κ2) is 6.79. The van der Waals surface area contributed by atoms with Crippen molar-refractivity contribution in [3.8, 4) is 11.4 Å². The minimum absolute atomic E-state index is 0.339. The van der Waals surface area contributed by atoms with E-state index < -0.39 is 0 Å². The normalized spacial score (nSPS) is 14.6. The van der Waals surface area contributed by atoms with E-state index >= 15 is 0 Å². The molecule has 0 atom stereocenters. The van der Waals surface area contributed by atoms with Gasteiger partial charge in [0.2, 0.25) is 0 Å². The van der Waals surface area contributed by atoms with Crippen LogP contribution in [0.2, 0.25) is 0 Å². The summed E-state index contributed by atoms with van der Waals surface area (Å²) in [6, 6.07) is 4.00. The number of nitrogen functional groups attached to an aromatic ring is 2. The number of hydrogen-bond acceptors (Lipinski definition) is 10. The highest BCUT2D eigenvalue weighted by atomic mass is 16.5. The van der Waals surface area contributed by atoms with Crippen molar-refractivity contribution < 1.29 is 4.74 Å². The van der Waals surface area contributed by atoms with Crippen LogP contribution in [0.25, 0.3) is 27.9 Å². The molecule has 11 nitrogen and oxygen atoms in total. The Bertz CT molecular complexity index is 1210. The topological polar surface area (TPSA) is 145 Å². The first-order valence-corrected chi connectivity index (χ1v) is 9.23. The largest absolute Gasteiger partial charge is 0.382 e. The van der Waals surface area contributed by atoms with Gasteiger partial charge in [0.15, 0.2) is 17.3 Å². The third kappa shape index (κ3) is 2.87. The minimum Gasteiger partial charge on any atom is -0.382 e. The van der Waals surface area contributed by atoms with Gasteiger partial charge in [-0.2, -0.15) is 0 Å². The molecule has 0 aliphatic carbocycles. The van der Waals surface area contributed by atoms with Crippen molar-refractivity contribution in [1.82, 2.24) is 29.8 Å². The van der Waals surface area contributed by atoms with E-state index in [0.717, 1.165) is 54.2 Å². The van der Waals surface area contributed by atoms with Crippen LogP contribution in [-0.4, -0.2) is 56.1 Å². The Balaban J connectivity index is 1.65. The summed E-state index contributed by atoms with van der Waals surface area (Å²) in [5, 5.41) is 13.6. The summed E-state index contributed by atoms with van der Waals surface area (Å²) in [6.07, 6.45) is 3.65. The van der Waals surface area contributed by atoms with Crippen LogP contribution in [0.1, 0.15) is 5.56 Å². The first kappa shape index (κ1) is 17.5. The molecule has 1 fully saturated rings. The van der Waals surface area contributed by atoms with Crippen LogP contribution in [0.5, 0.6) is 0 Å². The molecule has 4 aromatic rings. The van der Waals surface area contributed by atoms with Gasteiger partial charge >= 0.3 is 0 Å². The van der Waals surface area contributed by atoms with Crippen molar-refractivity contribution in [3.05, 3.63) is 30.1 Å². The molecular formula is C18H20N10O. The molecule has 5 heterocycles. The lowest BCUT2D eigenvalue weighted by Gasteiger charge is -2.28. The Hall–Kier alpha value is -3.57. The number of fused-ring (bicyclic) bond motifs is 2. The molecule has 0 aromatic carbocycles. The van der Waals surface area contributed by atoms with E-state index in [-0.39, 0.29) is 0 Å². The number of rotatable bonds is 3. The number of nitrogens with zero attached hydrogens (tertiary/aromatic N) is 7. The zero-order chi connectivity index (χ0) is 20.0. The Morgan fingerprint density at radius 1 is 1.17 bits per heavy atom. The fraction of sp³-hybridized carbons (Fsp3) is 0.278. The molecule has 5 N–H and O–H groups in total. The van der Waals surface area contributed by atoms with Gasteiger partial charge in [0.1, 0.15) is 11.3 Å². The van der Waals surface area contributed by atoms with Gasteiger partial charge in [0.25, 0.3) is 0 Å². The van der Waals surface area contributed by atoms with Crippen molar-refractivity contribution in [2.75, 3.05) is 42.4 Å². The van der Waals surface area contributed by atoms with Gasteiger partial charge in [-0.05, 0) is 19.1 Å². The van der Waals surface area contributed by atoms with Crippen molar-refractivity contribution in [2.45, 2.75) is 6.92 Å². The van der Waals surface area contributed by atoms with Crippen LogP contribution in [0, 0.1) is 6.92 Å². The third-order valence-electron chi connectivity index (χ3n) is 5.14. The molecule has 1 aliphatic rings. The summed E-state index contributed by atoms with van der Waals surface area (Å²) in [4.78, 5) is 11.3. The monoisotopic (exact) mass is 392 g/mol. The number of ether oxygens (including phenoxy) is 1. The fourth-order valence-electron chi connectivity index (χ4n) is 3.55. The zero-order valence-electron chi connectivity index (χ0n) is 15.8. The van der Waals surface area contributed by atoms with Gasteiger partial charge in [-0.15, -0.1) is 15.3 Å². The van der Waals surface area contributed by atoms with Crippen LogP contribution in [0.3, 0.4) is 0 Å². The summed E-state index contributed by atoms with van der Waals surface area (Å²) in [6.45, 7) is 5.03. The molecule has 11 heteroatoms. The Morgan fingerprint density at radius 2 is 2.00 bits per heavy atom. The molecule has 4 aromatic heterocycles. The van der Waals surface area contributed by atoms with Crippen LogP contribution < -0.4 is 21.9 Å². The molecule has 0 radical (unpaired) electrons. The number of anilines is 3. The fourth-order valence-corrected chi connectivity index (χ4v) is 3.55. The van der Waals surface area contributed by atoms with E-state index in [1.165, 1.54) is 0 Å². The summed E-state index contributed by atoms with van der Waals surface area (Å²) >= 11 is 0. The van der Waals surface area contributed by atoms with E-state index in [4.69, 9.17) is 16.3 Å². The smallest absolute Gasteiger partial charge is 0.184 e. The van der Waals surface area contributed by atoms with Gasteiger partial charge in [0.05, 0.1) is 25.1 Å². The maximum atomic E-state index is 5.99. The lowest BCUT2D eigenvalue weighted by atomic mass is 10.1. The maximum absolute atomic E-state index is 5.99. The standard InChI is InChI=1S/C18H20N10O/c1-10-14-12(8-21-18(23-20)15(14)24-25-16(10)19)17-22-13-3-2-11(9-28(13)26-17)27-4-6-29-7-5-27/h2-3,8-9H,4-7,20H2,1H3,(H2,19,25)(H,21,23). The number of hydrogen-bond donors (Lipinski definition) is 3. The van der Waals surface area contributed by atoms with E-state index in [1.54, 1.807) is 10.7 Å². The first-order valence-electron chi connectivity index (χ1n) is 9.23. The lowest BCUT2D eigenvalue weighted by Crippen LogP contribution is -2.36. The maximum Gasteiger partial charge on any atom is 0.184 e. The van der Waals surface area contributed by atoms with Gasteiger partial charge in [-0.25, -0.2) is 20.3 Å². The average molecular weight is 392 g/mol. The lowest BCUT2D eigenvalue weighted by molar-refractivity contribution is 0.122. The number of nitrogens with one attached hydrogen (secondary N) is 1. The SMILES string of the molecule is Cc1c(N)nnc2c(NN)ncc(-c3nc4ccc(N5CCOCC5)cn4n3)c12. The van der Waals surface area contributed by atoms with Crippen molar-refractivity contribution in [1.29, 1.82) is 0 Å². The molecule has 5 rings (SSSR count). The van der Waals surface area contributed by atoms with E-state index in [0.29, 0.717) is 23.0 Å². The van der Waals surface area contributed by atoms with Crippen LogP contribution in [-0.2, 0) is 4.74 Å². The molecular weight excluding hydrogens is 372 g/mol. The highest BCUT2D eigenvalue weighted by Crippen LogP contribution is 2.32. The highest BCUT2D eigenvalue weighted by Gasteiger charge is 2.19. The molecule has 0 saturated carbocycles. The van der Waals surface area contributed by atoms with Crippen LogP contribution in [0.4, 0.5) is 17.3 Å². The number of pyridine rings is 2. The Kier molecular flexibility index (Phi) is 4.11. The quantitative estimate of drug-likeness (QED) is 0.337. The highest BCUT2D eigenvalue weighted by molar-refractivity contribution is 6.01. The summed E-state index contributed by atoms with van der Waals surface area (Å²) in [7, 11) is 0. The summed E-state index contributed by atoms with van der Waals surface area (Å²) < 4.78 is 7.20. The number of morpholine rings is 1. The molecule has 29 heavy (non-hydrogen) atoms. The van der Waals surface area contributed by atoms with E-state index in [9.17, 15) is 0 Å². The predicted molar refractivity (Wildman–Crippen MR) is 109 cm³/mol. The van der Waals surface area contributed by atoms with Gasteiger partial charge in [-0.1, -0.05) is 0 Å².